The van der Waals surface area contributed by atoms with E-state index in [1.165, 1.54) is 17.9 Å². The highest BCUT2D eigenvalue weighted by Gasteiger charge is 2.19. The largest absolute Gasteiger partial charge is 0.352 e. The summed E-state index contributed by atoms with van der Waals surface area (Å²) < 4.78 is 0. The Morgan fingerprint density at radius 1 is 1.47 bits per heavy atom. The number of rotatable bonds is 7. The van der Waals surface area contributed by atoms with Crippen molar-refractivity contribution < 1.29 is 4.79 Å². The Bertz CT molecular complexity index is 229. The van der Waals surface area contributed by atoms with Crippen LogP contribution in [0.15, 0.2) is 0 Å². The molecule has 0 aromatic heterocycles. The van der Waals surface area contributed by atoms with Crippen LogP contribution in [0.25, 0.3) is 0 Å². The van der Waals surface area contributed by atoms with E-state index in [4.69, 9.17) is 0 Å². The van der Waals surface area contributed by atoms with E-state index in [2.05, 4.69) is 24.5 Å². The average molecular weight is 258 g/mol. The van der Waals surface area contributed by atoms with Gasteiger partial charge in [-0.15, -0.1) is 0 Å². The lowest BCUT2D eigenvalue weighted by molar-refractivity contribution is -0.123. The van der Waals surface area contributed by atoms with Gasteiger partial charge in [0.05, 0.1) is 6.04 Å². The Kier molecular flexibility index (Phi) is 6.97. The van der Waals surface area contributed by atoms with Crippen molar-refractivity contribution >= 4 is 17.7 Å². The van der Waals surface area contributed by atoms with Gasteiger partial charge in [-0.3, -0.25) is 4.79 Å². The number of hydrogen-bond acceptors (Lipinski definition) is 3. The van der Waals surface area contributed by atoms with Crippen LogP contribution in [0.4, 0.5) is 0 Å². The molecule has 0 aromatic rings. The SMILES string of the molecule is CCCC(C)NC(=O)C(C)NCC1CCSC1. The first-order chi connectivity index (χ1) is 8.13. The van der Waals surface area contributed by atoms with Gasteiger partial charge in [0.15, 0.2) is 0 Å². The number of carbonyl (C=O) groups is 1. The second kappa shape index (κ2) is 7.98. The standard InChI is InChI=1S/C13H26N2OS/c1-4-5-10(2)15-13(16)11(3)14-8-12-6-7-17-9-12/h10-12,14H,4-9H2,1-3H3,(H,15,16). The van der Waals surface area contributed by atoms with Crippen molar-refractivity contribution in [2.45, 2.75) is 52.1 Å². The lowest BCUT2D eigenvalue weighted by Crippen LogP contribution is -2.46. The molecule has 0 radical (unpaired) electrons. The summed E-state index contributed by atoms with van der Waals surface area (Å²) in [5.74, 6) is 3.41. The molecular formula is C13H26N2OS. The van der Waals surface area contributed by atoms with Crippen molar-refractivity contribution in [3.8, 4) is 0 Å². The number of amides is 1. The summed E-state index contributed by atoms with van der Waals surface area (Å²) in [5.41, 5.74) is 0. The number of nitrogens with one attached hydrogen (secondary N) is 2. The minimum Gasteiger partial charge on any atom is -0.352 e. The molecular weight excluding hydrogens is 232 g/mol. The smallest absolute Gasteiger partial charge is 0.237 e. The predicted molar refractivity (Wildman–Crippen MR) is 75.4 cm³/mol. The van der Waals surface area contributed by atoms with E-state index < -0.39 is 0 Å². The van der Waals surface area contributed by atoms with Crippen LogP contribution in [-0.4, -0.2) is 36.0 Å². The molecule has 1 aliphatic heterocycles. The fourth-order valence-electron chi connectivity index (χ4n) is 2.05. The zero-order valence-electron chi connectivity index (χ0n) is 11.3. The fourth-order valence-corrected chi connectivity index (χ4v) is 3.34. The fraction of sp³-hybridized carbons (Fsp3) is 0.923. The van der Waals surface area contributed by atoms with Crippen LogP contribution in [0.3, 0.4) is 0 Å². The third-order valence-corrected chi connectivity index (χ3v) is 4.47. The van der Waals surface area contributed by atoms with Crippen molar-refractivity contribution in [2.24, 2.45) is 5.92 Å². The van der Waals surface area contributed by atoms with E-state index >= 15 is 0 Å². The summed E-state index contributed by atoms with van der Waals surface area (Å²) in [5, 5.41) is 6.40. The predicted octanol–water partition coefficient (Wildman–Crippen LogP) is 2.02. The van der Waals surface area contributed by atoms with E-state index in [9.17, 15) is 4.79 Å². The maximum absolute atomic E-state index is 11.9. The van der Waals surface area contributed by atoms with Gasteiger partial charge >= 0.3 is 0 Å². The van der Waals surface area contributed by atoms with E-state index in [1.807, 2.05) is 18.7 Å². The Morgan fingerprint density at radius 2 is 2.24 bits per heavy atom. The molecule has 1 rings (SSSR count). The Balaban J connectivity index is 2.16. The molecule has 0 saturated carbocycles. The van der Waals surface area contributed by atoms with Crippen LogP contribution in [0.2, 0.25) is 0 Å². The van der Waals surface area contributed by atoms with Gasteiger partial charge in [0, 0.05) is 6.04 Å². The highest BCUT2D eigenvalue weighted by molar-refractivity contribution is 7.99. The summed E-state index contributed by atoms with van der Waals surface area (Å²) >= 11 is 2.02. The third kappa shape index (κ3) is 5.77. The first-order valence-corrected chi connectivity index (χ1v) is 7.90. The molecule has 1 aliphatic rings. The number of hydrogen-bond donors (Lipinski definition) is 2. The van der Waals surface area contributed by atoms with Gasteiger partial charge < -0.3 is 10.6 Å². The topological polar surface area (TPSA) is 41.1 Å². The van der Waals surface area contributed by atoms with Gasteiger partial charge in [-0.1, -0.05) is 13.3 Å². The molecule has 0 aliphatic carbocycles. The lowest BCUT2D eigenvalue weighted by atomic mass is 10.1. The van der Waals surface area contributed by atoms with E-state index in [1.54, 1.807) is 0 Å². The molecule has 1 heterocycles. The normalized spacial score (nSPS) is 23.4. The summed E-state index contributed by atoms with van der Waals surface area (Å²) in [4.78, 5) is 11.9. The highest BCUT2D eigenvalue weighted by atomic mass is 32.2. The van der Waals surface area contributed by atoms with Crippen LogP contribution in [0.5, 0.6) is 0 Å². The van der Waals surface area contributed by atoms with Crippen molar-refractivity contribution in [2.75, 3.05) is 18.1 Å². The molecule has 3 nitrogen and oxygen atoms in total. The van der Waals surface area contributed by atoms with Crippen molar-refractivity contribution in [3.63, 3.8) is 0 Å². The first-order valence-electron chi connectivity index (χ1n) is 6.75. The maximum Gasteiger partial charge on any atom is 0.237 e. The quantitative estimate of drug-likeness (QED) is 0.734. The monoisotopic (exact) mass is 258 g/mol. The lowest BCUT2D eigenvalue weighted by Gasteiger charge is -2.19. The molecule has 0 bridgehead atoms. The van der Waals surface area contributed by atoms with E-state index in [-0.39, 0.29) is 11.9 Å². The number of thioether (sulfide) groups is 1. The summed E-state index contributed by atoms with van der Waals surface area (Å²) in [6.07, 6.45) is 3.46. The van der Waals surface area contributed by atoms with Gasteiger partial charge in [-0.2, -0.15) is 11.8 Å². The van der Waals surface area contributed by atoms with Gasteiger partial charge in [-0.25, -0.2) is 0 Å². The number of carbonyl (C=O) groups excluding carboxylic acids is 1. The second-order valence-electron chi connectivity index (χ2n) is 5.06. The minimum atomic E-state index is -0.0695. The van der Waals surface area contributed by atoms with Crippen LogP contribution >= 0.6 is 11.8 Å². The maximum atomic E-state index is 11.9. The highest BCUT2D eigenvalue weighted by Crippen LogP contribution is 2.22. The molecule has 1 amide bonds. The van der Waals surface area contributed by atoms with Crippen LogP contribution in [-0.2, 0) is 4.79 Å². The Morgan fingerprint density at radius 3 is 2.82 bits per heavy atom. The third-order valence-electron chi connectivity index (χ3n) is 3.24. The average Bonchev–Trinajstić information content (AvgIpc) is 2.78. The van der Waals surface area contributed by atoms with Crippen molar-refractivity contribution in [3.05, 3.63) is 0 Å². The summed E-state index contributed by atoms with van der Waals surface area (Å²) in [6.45, 7) is 7.14. The molecule has 17 heavy (non-hydrogen) atoms. The summed E-state index contributed by atoms with van der Waals surface area (Å²) in [6, 6.07) is 0.221. The van der Waals surface area contributed by atoms with Gasteiger partial charge in [0.1, 0.15) is 0 Å². The van der Waals surface area contributed by atoms with E-state index in [0.29, 0.717) is 6.04 Å². The van der Waals surface area contributed by atoms with Crippen LogP contribution in [0.1, 0.15) is 40.0 Å². The Labute approximate surface area is 109 Å². The minimum absolute atomic E-state index is 0.0695. The summed E-state index contributed by atoms with van der Waals surface area (Å²) in [7, 11) is 0. The van der Waals surface area contributed by atoms with Gasteiger partial charge in [-0.05, 0) is 50.7 Å². The molecule has 0 aromatic carbocycles. The molecule has 100 valence electrons. The molecule has 0 spiro atoms. The Hall–Kier alpha value is -0.220. The van der Waals surface area contributed by atoms with E-state index in [0.717, 1.165) is 25.3 Å². The molecule has 3 atom stereocenters. The van der Waals surface area contributed by atoms with Crippen molar-refractivity contribution in [1.82, 2.24) is 10.6 Å². The van der Waals surface area contributed by atoms with Gasteiger partial charge in [0.25, 0.3) is 0 Å². The zero-order chi connectivity index (χ0) is 12.7. The molecule has 3 unspecified atom stereocenters. The van der Waals surface area contributed by atoms with Crippen LogP contribution < -0.4 is 10.6 Å². The first kappa shape index (κ1) is 14.8. The van der Waals surface area contributed by atoms with Crippen LogP contribution in [0, 0.1) is 5.92 Å². The van der Waals surface area contributed by atoms with Gasteiger partial charge in [0.2, 0.25) is 5.91 Å². The second-order valence-corrected chi connectivity index (χ2v) is 6.21. The van der Waals surface area contributed by atoms with Crippen molar-refractivity contribution in [1.29, 1.82) is 0 Å². The zero-order valence-corrected chi connectivity index (χ0v) is 12.1. The molecule has 1 saturated heterocycles. The molecule has 1 fully saturated rings. The molecule has 2 N–H and O–H groups in total. The molecule has 4 heteroatoms.